The third-order valence-electron chi connectivity index (χ3n) is 3.27. The quantitative estimate of drug-likeness (QED) is 0.788. The lowest BCUT2D eigenvalue weighted by Crippen LogP contribution is -2.17. The van der Waals surface area contributed by atoms with Crippen molar-refractivity contribution < 1.29 is 18.7 Å². The number of amides is 2. The topological polar surface area (TPSA) is 67.4 Å². The van der Waals surface area contributed by atoms with Crippen LogP contribution in [0.1, 0.15) is 22.8 Å². The highest BCUT2D eigenvalue weighted by Gasteiger charge is 2.14. The van der Waals surface area contributed by atoms with E-state index in [0.29, 0.717) is 21.4 Å². The fourth-order valence-electron chi connectivity index (χ4n) is 2.05. The Morgan fingerprint density at radius 3 is 2.46 bits per heavy atom. The first-order valence-corrected chi connectivity index (χ1v) is 8.01. The lowest BCUT2D eigenvalue weighted by molar-refractivity contribution is 0.102. The average Bonchev–Trinajstić information content (AvgIpc) is 2.51. The molecule has 7 heteroatoms. The Kier molecular flexibility index (Phi) is 5.92. The summed E-state index contributed by atoms with van der Waals surface area (Å²) in [6, 6.07) is 9.22. The first-order chi connectivity index (χ1) is 11.4. The smallest absolute Gasteiger partial charge is 0.411 e. The van der Waals surface area contributed by atoms with Gasteiger partial charge in [0.15, 0.2) is 0 Å². The summed E-state index contributed by atoms with van der Waals surface area (Å²) in [5.41, 5.74) is 1.54. The number of hydrogen-bond donors (Lipinski definition) is 2. The van der Waals surface area contributed by atoms with Gasteiger partial charge in [0.25, 0.3) is 5.91 Å². The van der Waals surface area contributed by atoms with E-state index in [1.807, 2.05) is 0 Å². The molecule has 0 aliphatic carbocycles. The molecule has 24 heavy (non-hydrogen) atoms. The Balaban J connectivity index is 2.20. The molecule has 0 aliphatic heterocycles. The number of rotatable bonds is 4. The number of ether oxygens (including phenoxy) is 1. The van der Waals surface area contributed by atoms with Crippen LogP contribution < -0.4 is 10.6 Å². The molecule has 0 saturated heterocycles. The number of carbonyl (C=O) groups is 2. The Hall–Kier alpha value is -2.41. The van der Waals surface area contributed by atoms with E-state index in [9.17, 15) is 14.0 Å². The molecule has 2 amide bonds. The lowest BCUT2D eigenvalue weighted by Gasteiger charge is -2.13. The molecule has 2 aromatic carbocycles. The monoisotopic (exact) mass is 394 g/mol. The van der Waals surface area contributed by atoms with E-state index < -0.39 is 17.8 Å². The molecule has 126 valence electrons. The second-order valence-corrected chi connectivity index (χ2v) is 5.82. The summed E-state index contributed by atoms with van der Waals surface area (Å²) >= 11 is 3.15. The van der Waals surface area contributed by atoms with E-state index >= 15 is 0 Å². The molecule has 0 aliphatic rings. The van der Waals surface area contributed by atoms with Crippen LogP contribution in [0.5, 0.6) is 0 Å². The molecular formula is C17H16BrFN2O3. The van der Waals surface area contributed by atoms with Gasteiger partial charge in [-0.2, -0.15) is 0 Å². The highest BCUT2D eigenvalue weighted by molar-refractivity contribution is 9.10. The minimum atomic E-state index is -0.625. The second-order valence-electron chi connectivity index (χ2n) is 4.90. The number of benzene rings is 2. The summed E-state index contributed by atoms with van der Waals surface area (Å²) in [5.74, 6) is -1.20. The molecule has 2 rings (SSSR count). The van der Waals surface area contributed by atoms with Crippen molar-refractivity contribution in [3.8, 4) is 0 Å². The van der Waals surface area contributed by atoms with Gasteiger partial charge in [-0.3, -0.25) is 10.1 Å². The van der Waals surface area contributed by atoms with Crippen LogP contribution in [0.15, 0.2) is 40.9 Å². The van der Waals surface area contributed by atoms with E-state index in [1.54, 1.807) is 38.1 Å². The van der Waals surface area contributed by atoms with Gasteiger partial charge in [0, 0.05) is 15.8 Å². The van der Waals surface area contributed by atoms with Crippen LogP contribution in [0.3, 0.4) is 0 Å². The van der Waals surface area contributed by atoms with Crippen LogP contribution in [0, 0.1) is 12.7 Å². The van der Waals surface area contributed by atoms with Crippen molar-refractivity contribution in [3.63, 3.8) is 0 Å². The Bertz CT molecular complexity index is 780. The van der Waals surface area contributed by atoms with Gasteiger partial charge in [-0.15, -0.1) is 0 Å². The molecule has 0 bridgehead atoms. The van der Waals surface area contributed by atoms with Crippen molar-refractivity contribution in [3.05, 3.63) is 57.8 Å². The zero-order chi connectivity index (χ0) is 17.7. The molecule has 0 aromatic heterocycles. The van der Waals surface area contributed by atoms with E-state index in [4.69, 9.17) is 4.74 Å². The number of anilines is 2. The minimum absolute atomic E-state index is 0.0682. The summed E-state index contributed by atoms with van der Waals surface area (Å²) < 4.78 is 19.3. The minimum Gasteiger partial charge on any atom is -0.450 e. The predicted molar refractivity (Wildman–Crippen MR) is 93.9 cm³/mol. The molecule has 0 spiro atoms. The fourth-order valence-corrected chi connectivity index (χ4v) is 2.38. The highest BCUT2D eigenvalue weighted by atomic mass is 79.9. The predicted octanol–water partition coefficient (Wildman–Crippen LogP) is 4.72. The molecule has 0 fully saturated rings. The lowest BCUT2D eigenvalue weighted by atomic mass is 10.1. The van der Waals surface area contributed by atoms with Gasteiger partial charge in [0.1, 0.15) is 5.82 Å². The number of halogens is 2. The summed E-state index contributed by atoms with van der Waals surface area (Å²) in [4.78, 5) is 23.8. The number of carbonyl (C=O) groups excluding carboxylic acids is 2. The van der Waals surface area contributed by atoms with Gasteiger partial charge >= 0.3 is 6.09 Å². The van der Waals surface area contributed by atoms with Crippen molar-refractivity contribution >= 4 is 39.3 Å². The van der Waals surface area contributed by atoms with Crippen LogP contribution in [0.2, 0.25) is 0 Å². The maximum absolute atomic E-state index is 13.9. The summed E-state index contributed by atoms with van der Waals surface area (Å²) in [7, 11) is 0. The Morgan fingerprint density at radius 2 is 1.83 bits per heavy atom. The summed E-state index contributed by atoms with van der Waals surface area (Å²) in [5, 5.41) is 5.24. The van der Waals surface area contributed by atoms with Crippen molar-refractivity contribution in [2.45, 2.75) is 13.8 Å². The molecule has 0 heterocycles. The molecular weight excluding hydrogens is 379 g/mol. The third kappa shape index (κ3) is 4.32. The molecule has 0 atom stereocenters. The van der Waals surface area contributed by atoms with E-state index in [0.717, 1.165) is 0 Å². The van der Waals surface area contributed by atoms with Gasteiger partial charge in [-0.1, -0.05) is 22.0 Å². The normalized spacial score (nSPS) is 10.2. The molecule has 0 unspecified atom stereocenters. The first-order valence-electron chi connectivity index (χ1n) is 7.22. The SMILES string of the molecule is CCOC(=O)Nc1cccc(NC(=O)c2ccc(Br)cc2F)c1C. The van der Waals surface area contributed by atoms with E-state index in [2.05, 4.69) is 26.6 Å². The number of nitrogens with one attached hydrogen (secondary N) is 2. The summed E-state index contributed by atoms with van der Waals surface area (Å²) in [6.45, 7) is 3.69. The molecule has 2 aromatic rings. The number of hydrogen-bond acceptors (Lipinski definition) is 3. The van der Waals surface area contributed by atoms with Crippen LogP contribution in [0.4, 0.5) is 20.6 Å². The Morgan fingerprint density at radius 1 is 1.17 bits per heavy atom. The first kappa shape index (κ1) is 17.9. The molecule has 5 nitrogen and oxygen atoms in total. The van der Waals surface area contributed by atoms with Crippen molar-refractivity contribution in [2.75, 3.05) is 17.2 Å². The zero-order valence-corrected chi connectivity index (χ0v) is 14.7. The van der Waals surface area contributed by atoms with Crippen LogP contribution in [0.25, 0.3) is 0 Å². The van der Waals surface area contributed by atoms with Crippen LogP contribution in [-0.2, 0) is 4.74 Å². The molecule has 0 radical (unpaired) electrons. The van der Waals surface area contributed by atoms with Crippen molar-refractivity contribution in [1.29, 1.82) is 0 Å². The molecule has 0 saturated carbocycles. The van der Waals surface area contributed by atoms with Crippen molar-refractivity contribution in [2.24, 2.45) is 0 Å². The maximum atomic E-state index is 13.9. The zero-order valence-electron chi connectivity index (χ0n) is 13.2. The van der Waals surface area contributed by atoms with Crippen LogP contribution >= 0.6 is 15.9 Å². The maximum Gasteiger partial charge on any atom is 0.411 e. The largest absolute Gasteiger partial charge is 0.450 e. The summed E-state index contributed by atoms with van der Waals surface area (Å²) in [6.07, 6.45) is -0.581. The van der Waals surface area contributed by atoms with E-state index in [1.165, 1.54) is 12.1 Å². The third-order valence-corrected chi connectivity index (χ3v) is 3.76. The van der Waals surface area contributed by atoms with Gasteiger partial charge in [0.2, 0.25) is 0 Å². The van der Waals surface area contributed by atoms with Crippen LogP contribution in [-0.4, -0.2) is 18.6 Å². The fraction of sp³-hybridized carbons (Fsp3) is 0.176. The Labute approximate surface area is 147 Å². The van der Waals surface area contributed by atoms with Crippen molar-refractivity contribution in [1.82, 2.24) is 0 Å². The highest BCUT2D eigenvalue weighted by Crippen LogP contribution is 2.25. The molecule has 2 N–H and O–H groups in total. The van der Waals surface area contributed by atoms with Gasteiger partial charge in [0.05, 0.1) is 12.2 Å². The standard InChI is InChI=1S/C17H16BrFN2O3/c1-3-24-17(23)21-15-6-4-5-14(10(15)2)20-16(22)12-8-7-11(18)9-13(12)19/h4-9H,3H2,1-2H3,(H,20,22)(H,21,23). The second kappa shape index (κ2) is 7.92. The van der Waals surface area contributed by atoms with Gasteiger partial charge in [-0.05, 0) is 49.7 Å². The van der Waals surface area contributed by atoms with Gasteiger partial charge < -0.3 is 10.1 Å². The van der Waals surface area contributed by atoms with E-state index in [-0.39, 0.29) is 12.2 Å². The van der Waals surface area contributed by atoms with Gasteiger partial charge in [-0.25, -0.2) is 9.18 Å². The average molecular weight is 395 g/mol.